The van der Waals surface area contributed by atoms with Crippen LogP contribution in [0, 0.1) is 0 Å². The van der Waals surface area contributed by atoms with Crippen LogP contribution >= 0.6 is 22.7 Å². The van der Waals surface area contributed by atoms with Gasteiger partial charge in [0.1, 0.15) is 10.0 Å². The molecule has 0 bridgehead atoms. The van der Waals surface area contributed by atoms with Crippen molar-refractivity contribution < 1.29 is 19.1 Å². The number of hydrogen-bond donors (Lipinski definition) is 2. The maximum Gasteiger partial charge on any atom is 0.294 e. The fraction of sp³-hybridized carbons (Fsp3) is 0.240. The molecule has 0 spiro atoms. The van der Waals surface area contributed by atoms with Gasteiger partial charge < -0.3 is 10.1 Å². The lowest BCUT2D eigenvalue weighted by molar-refractivity contribution is -0.142. The molecule has 2 amide bonds. The van der Waals surface area contributed by atoms with E-state index in [1.54, 1.807) is 24.3 Å². The lowest BCUT2D eigenvalue weighted by atomic mass is 10.1. The van der Waals surface area contributed by atoms with Crippen LogP contribution in [0.3, 0.4) is 0 Å². The molecule has 10 nitrogen and oxygen atoms in total. The van der Waals surface area contributed by atoms with Crippen molar-refractivity contribution in [3.8, 4) is 0 Å². The lowest BCUT2D eigenvalue weighted by Crippen LogP contribution is -2.23. The van der Waals surface area contributed by atoms with Crippen LogP contribution in [0.2, 0.25) is 0 Å². The second-order valence-electron chi connectivity index (χ2n) is 7.93. The smallest absolute Gasteiger partial charge is 0.294 e. The van der Waals surface area contributed by atoms with Crippen LogP contribution in [0.5, 0.6) is 0 Å². The summed E-state index contributed by atoms with van der Waals surface area (Å²) in [6, 6.07) is 18.3. The molecule has 0 unspecified atom stereocenters. The molecule has 0 saturated carbocycles. The Hall–Kier alpha value is -4.03. The summed E-state index contributed by atoms with van der Waals surface area (Å²) in [5.41, 5.74) is 1.50. The first-order valence-electron chi connectivity index (χ1n) is 11.5. The van der Waals surface area contributed by atoms with Crippen LogP contribution in [-0.4, -0.2) is 38.7 Å². The average Bonchev–Trinajstić information content (AvgIpc) is 3.55. The molecule has 0 saturated heterocycles. The summed E-state index contributed by atoms with van der Waals surface area (Å²) in [6.45, 7) is 0.252. The van der Waals surface area contributed by atoms with E-state index in [4.69, 9.17) is 4.74 Å². The van der Waals surface area contributed by atoms with E-state index in [2.05, 4.69) is 31.0 Å². The van der Waals surface area contributed by atoms with Gasteiger partial charge in [0.15, 0.2) is 0 Å². The second kappa shape index (κ2) is 13.3. The number of hydrogen-bond acceptors (Lipinski definition) is 10. The van der Waals surface area contributed by atoms with Gasteiger partial charge in [-0.15, -0.1) is 20.4 Å². The Morgan fingerprint density at radius 1 is 0.811 bits per heavy atom. The van der Waals surface area contributed by atoms with E-state index in [-0.39, 0.29) is 18.8 Å². The largest absolute Gasteiger partial charge is 0.449 e. The maximum atomic E-state index is 12.6. The van der Waals surface area contributed by atoms with Crippen molar-refractivity contribution >= 4 is 51.2 Å². The Bertz CT molecular complexity index is 1310. The number of amides is 2. The number of nitrogens with one attached hydrogen (secondary N) is 2. The van der Waals surface area contributed by atoms with Gasteiger partial charge in [-0.05, 0) is 18.4 Å². The fourth-order valence-electron chi connectivity index (χ4n) is 3.45. The van der Waals surface area contributed by atoms with Gasteiger partial charge in [0.2, 0.25) is 22.3 Å². The van der Waals surface area contributed by atoms with Crippen LogP contribution in [0.25, 0.3) is 0 Å². The summed E-state index contributed by atoms with van der Waals surface area (Å²) in [7, 11) is 0. The standard InChI is InChI=1S/C25H24N6O4S2/c32-16-35-22(18-11-5-2-6-12-18)23(34)27-25-31-29-21(37-25)14-8-7-13-20-28-30-24(36-20)26-19(33)15-17-9-3-1-4-10-17/h1-6,9-12,16,22H,7-8,13-15H2,(H,26,30,33)(H,27,31,34)/t22-/m1/s1. The minimum absolute atomic E-state index is 0.124. The Kier molecular flexibility index (Phi) is 9.38. The quantitative estimate of drug-likeness (QED) is 0.193. The summed E-state index contributed by atoms with van der Waals surface area (Å²) in [5.74, 6) is -0.621. The SMILES string of the molecule is O=CO[C@@H](C(=O)Nc1nnc(CCCCc2nnc(NC(=O)Cc3ccccc3)s2)s1)c1ccccc1. The highest BCUT2D eigenvalue weighted by Gasteiger charge is 2.23. The maximum absolute atomic E-state index is 12.6. The number of carbonyl (C=O) groups is 3. The topological polar surface area (TPSA) is 136 Å². The number of anilines is 2. The van der Waals surface area contributed by atoms with E-state index < -0.39 is 12.0 Å². The van der Waals surface area contributed by atoms with Crippen molar-refractivity contribution in [2.75, 3.05) is 10.6 Å². The molecular formula is C25H24N6O4S2. The zero-order chi connectivity index (χ0) is 25.9. The molecule has 2 heterocycles. The molecule has 4 aromatic rings. The highest BCUT2D eigenvalue weighted by molar-refractivity contribution is 7.15. The summed E-state index contributed by atoms with van der Waals surface area (Å²) in [6.07, 6.45) is 2.36. The molecule has 0 aliphatic rings. The van der Waals surface area contributed by atoms with Crippen LogP contribution in [-0.2, 0) is 38.4 Å². The Morgan fingerprint density at radius 2 is 1.38 bits per heavy atom. The number of rotatable bonds is 13. The number of ether oxygens (including phenoxy) is 1. The molecule has 0 aliphatic heterocycles. The van der Waals surface area contributed by atoms with Gasteiger partial charge in [-0.25, -0.2) is 0 Å². The zero-order valence-electron chi connectivity index (χ0n) is 19.7. The molecule has 0 aliphatic carbocycles. The van der Waals surface area contributed by atoms with Crippen molar-refractivity contribution in [2.24, 2.45) is 0 Å². The number of unbranched alkanes of at least 4 members (excludes halogenated alkanes) is 1. The molecule has 0 radical (unpaired) electrons. The second-order valence-corrected chi connectivity index (χ2v) is 10.1. The molecule has 2 N–H and O–H groups in total. The molecule has 4 rings (SSSR count). The van der Waals surface area contributed by atoms with Crippen molar-refractivity contribution in [3.05, 3.63) is 81.8 Å². The first-order valence-corrected chi connectivity index (χ1v) is 13.2. The summed E-state index contributed by atoms with van der Waals surface area (Å²) in [4.78, 5) is 35.6. The van der Waals surface area contributed by atoms with E-state index >= 15 is 0 Å². The molecule has 12 heteroatoms. The van der Waals surface area contributed by atoms with E-state index in [9.17, 15) is 14.4 Å². The van der Waals surface area contributed by atoms with Gasteiger partial charge in [-0.2, -0.15) is 0 Å². The van der Waals surface area contributed by atoms with E-state index in [1.807, 2.05) is 36.4 Å². The van der Waals surface area contributed by atoms with Crippen LogP contribution in [0.4, 0.5) is 10.3 Å². The number of aromatic nitrogens is 4. The first-order chi connectivity index (χ1) is 18.1. The zero-order valence-corrected chi connectivity index (χ0v) is 21.3. The summed E-state index contributed by atoms with van der Waals surface area (Å²) in [5, 5.41) is 24.3. The Balaban J connectivity index is 1.19. The minimum Gasteiger partial charge on any atom is -0.449 e. The number of carbonyl (C=O) groups excluding carboxylic acids is 3. The minimum atomic E-state index is -1.06. The molecule has 2 aromatic heterocycles. The predicted molar refractivity (Wildman–Crippen MR) is 140 cm³/mol. The van der Waals surface area contributed by atoms with Crippen molar-refractivity contribution in [3.63, 3.8) is 0 Å². The Morgan fingerprint density at radius 3 is 1.97 bits per heavy atom. The first kappa shape index (κ1) is 26.0. The summed E-state index contributed by atoms with van der Waals surface area (Å²) >= 11 is 2.65. The highest BCUT2D eigenvalue weighted by Crippen LogP contribution is 2.23. The van der Waals surface area contributed by atoms with Crippen LogP contribution in [0.15, 0.2) is 60.7 Å². The lowest BCUT2D eigenvalue weighted by Gasteiger charge is -2.13. The predicted octanol–water partition coefficient (Wildman–Crippen LogP) is 3.99. The number of nitrogens with zero attached hydrogens (tertiary/aromatic N) is 4. The number of benzene rings is 2. The van der Waals surface area contributed by atoms with E-state index in [0.717, 1.165) is 34.8 Å². The monoisotopic (exact) mass is 536 g/mol. The Labute approximate surface area is 221 Å². The van der Waals surface area contributed by atoms with Gasteiger partial charge in [0.25, 0.3) is 12.4 Å². The van der Waals surface area contributed by atoms with E-state index in [0.29, 0.717) is 22.2 Å². The van der Waals surface area contributed by atoms with Gasteiger partial charge in [-0.3, -0.25) is 19.7 Å². The molecule has 2 aromatic carbocycles. The number of aryl methyl sites for hydroxylation is 2. The fourth-order valence-corrected chi connectivity index (χ4v) is 5.04. The third-order valence-electron chi connectivity index (χ3n) is 5.18. The van der Waals surface area contributed by atoms with Gasteiger partial charge in [0, 0.05) is 18.4 Å². The molecule has 37 heavy (non-hydrogen) atoms. The van der Waals surface area contributed by atoms with Crippen LogP contribution in [0.1, 0.15) is 40.1 Å². The van der Waals surface area contributed by atoms with E-state index in [1.165, 1.54) is 22.7 Å². The molecular weight excluding hydrogens is 512 g/mol. The van der Waals surface area contributed by atoms with Gasteiger partial charge in [0.05, 0.1) is 6.42 Å². The normalized spacial score (nSPS) is 11.5. The van der Waals surface area contributed by atoms with Crippen molar-refractivity contribution in [2.45, 2.75) is 38.2 Å². The van der Waals surface area contributed by atoms with Crippen LogP contribution < -0.4 is 10.6 Å². The van der Waals surface area contributed by atoms with Crippen molar-refractivity contribution in [1.29, 1.82) is 0 Å². The third kappa shape index (κ3) is 7.98. The van der Waals surface area contributed by atoms with Gasteiger partial charge >= 0.3 is 0 Å². The molecule has 1 atom stereocenters. The van der Waals surface area contributed by atoms with Crippen molar-refractivity contribution in [1.82, 2.24) is 20.4 Å². The van der Waals surface area contributed by atoms with Gasteiger partial charge in [-0.1, -0.05) is 83.3 Å². The highest BCUT2D eigenvalue weighted by atomic mass is 32.1. The molecule has 0 fully saturated rings. The summed E-state index contributed by atoms with van der Waals surface area (Å²) < 4.78 is 4.97. The third-order valence-corrected chi connectivity index (χ3v) is 6.98. The average molecular weight is 537 g/mol. The molecule has 190 valence electrons.